The Bertz CT molecular complexity index is 725. The second-order valence-electron chi connectivity index (χ2n) is 5.16. The van der Waals surface area contributed by atoms with Crippen molar-refractivity contribution in [2.24, 2.45) is 0 Å². The van der Waals surface area contributed by atoms with E-state index in [1.54, 1.807) is 36.4 Å². The largest absolute Gasteiger partial charge is 0.504 e. The minimum Gasteiger partial charge on any atom is -0.504 e. The SMILES string of the molecule is COc1cc(CCC(=O)Nc2ccccc2C(C)=O)ccc1O. The van der Waals surface area contributed by atoms with E-state index in [4.69, 9.17) is 4.74 Å². The summed E-state index contributed by atoms with van der Waals surface area (Å²) in [6, 6.07) is 11.9. The van der Waals surface area contributed by atoms with Gasteiger partial charge in [0.2, 0.25) is 5.91 Å². The number of nitrogens with one attached hydrogen (secondary N) is 1. The Labute approximate surface area is 134 Å². The number of carbonyl (C=O) groups excluding carboxylic acids is 2. The van der Waals surface area contributed by atoms with E-state index in [2.05, 4.69) is 5.32 Å². The second-order valence-corrected chi connectivity index (χ2v) is 5.16. The molecule has 0 aromatic heterocycles. The van der Waals surface area contributed by atoms with Crippen LogP contribution in [0, 0.1) is 0 Å². The van der Waals surface area contributed by atoms with Gasteiger partial charge in [-0.1, -0.05) is 18.2 Å². The number of para-hydroxylation sites is 1. The molecule has 0 aliphatic heterocycles. The van der Waals surface area contributed by atoms with E-state index in [1.807, 2.05) is 0 Å². The molecule has 0 atom stereocenters. The summed E-state index contributed by atoms with van der Waals surface area (Å²) in [5.41, 5.74) is 1.90. The minimum atomic E-state index is -0.175. The number of methoxy groups -OCH3 is 1. The van der Waals surface area contributed by atoms with Gasteiger partial charge in [-0.2, -0.15) is 0 Å². The van der Waals surface area contributed by atoms with Gasteiger partial charge in [0, 0.05) is 12.0 Å². The molecule has 5 heteroatoms. The number of phenols is 1. The molecule has 120 valence electrons. The summed E-state index contributed by atoms with van der Waals surface area (Å²) in [6.07, 6.45) is 0.769. The number of ether oxygens (including phenoxy) is 1. The van der Waals surface area contributed by atoms with Gasteiger partial charge in [0.1, 0.15) is 0 Å². The first-order valence-corrected chi connectivity index (χ1v) is 7.27. The summed E-state index contributed by atoms with van der Waals surface area (Å²) in [5.74, 6) is 0.177. The van der Waals surface area contributed by atoms with Crippen LogP contribution >= 0.6 is 0 Å². The lowest BCUT2D eigenvalue weighted by atomic mass is 10.1. The van der Waals surface area contributed by atoms with E-state index in [9.17, 15) is 14.7 Å². The van der Waals surface area contributed by atoms with Gasteiger partial charge in [0.15, 0.2) is 17.3 Å². The van der Waals surface area contributed by atoms with Gasteiger partial charge < -0.3 is 15.2 Å². The summed E-state index contributed by atoms with van der Waals surface area (Å²) in [7, 11) is 1.48. The van der Waals surface area contributed by atoms with E-state index in [0.717, 1.165) is 5.56 Å². The lowest BCUT2D eigenvalue weighted by Gasteiger charge is -2.10. The first kappa shape index (κ1) is 16.5. The van der Waals surface area contributed by atoms with Crippen molar-refractivity contribution in [3.05, 3.63) is 53.6 Å². The standard InChI is InChI=1S/C18H19NO4/c1-12(20)14-5-3-4-6-15(14)19-18(22)10-8-13-7-9-16(21)17(11-13)23-2/h3-7,9,11,21H,8,10H2,1-2H3,(H,19,22). The van der Waals surface area contributed by atoms with Crippen LogP contribution in [0.3, 0.4) is 0 Å². The van der Waals surface area contributed by atoms with Crippen molar-refractivity contribution < 1.29 is 19.4 Å². The molecule has 2 rings (SSSR count). The van der Waals surface area contributed by atoms with Gasteiger partial charge in [-0.3, -0.25) is 9.59 Å². The molecule has 2 aromatic rings. The van der Waals surface area contributed by atoms with Gasteiger partial charge in [0.25, 0.3) is 0 Å². The normalized spacial score (nSPS) is 10.2. The van der Waals surface area contributed by atoms with Gasteiger partial charge in [-0.15, -0.1) is 0 Å². The molecule has 2 aromatic carbocycles. The number of amides is 1. The van der Waals surface area contributed by atoms with Crippen molar-refractivity contribution in [1.29, 1.82) is 0 Å². The van der Waals surface area contributed by atoms with Crippen molar-refractivity contribution in [3.63, 3.8) is 0 Å². The third-order valence-electron chi connectivity index (χ3n) is 3.47. The smallest absolute Gasteiger partial charge is 0.224 e. The molecular formula is C18H19NO4. The number of aryl methyl sites for hydroxylation is 1. The van der Waals surface area contributed by atoms with Crippen LogP contribution in [-0.2, 0) is 11.2 Å². The number of rotatable bonds is 6. The second kappa shape index (κ2) is 7.45. The van der Waals surface area contributed by atoms with Crippen LogP contribution in [0.5, 0.6) is 11.5 Å². The highest BCUT2D eigenvalue weighted by Gasteiger charge is 2.10. The molecule has 0 unspecified atom stereocenters. The molecule has 0 aliphatic rings. The fourth-order valence-electron chi connectivity index (χ4n) is 2.25. The highest BCUT2D eigenvalue weighted by Crippen LogP contribution is 2.26. The average molecular weight is 313 g/mol. The molecule has 0 saturated heterocycles. The lowest BCUT2D eigenvalue weighted by molar-refractivity contribution is -0.116. The number of Topliss-reactive ketones (excluding diaryl/α,β-unsaturated/α-hetero) is 1. The number of hydrogen-bond acceptors (Lipinski definition) is 4. The van der Waals surface area contributed by atoms with Gasteiger partial charge in [-0.25, -0.2) is 0 Å². The maximum absolute atomic E-state index is 12.1. The quantitative estimate of drug-likeness (QED) is 0.803. The Balaban J connectivity index is 2.00. The molecule has 0 spiro atoms. The Morgan fingerprint density at radius 1 is 1.17 bits per heavy atom. The molecular weight excluding hydrogens is 294 g/mol. The number of hydrogen-bond donors (Lipinski definition) is 2. The average Bonchev–Trinajstić information content (AvgIpc) is 2.54. The van der Waals surface area contributed by atoms with Crippen molar-refractivity contribution >= 4 is 17.4 Å². The zero-order valence-corrected chi connectivity index (χ0v) is 13.1. The summed E-state index contributed by atoms with van der Waals surface area (Å²) in [5, 5.41) is 12.3. The van der Waals surface area contributed by atoms with Gasteiger partial charge >= 0.3 is 0 Å². The number of phenolic OH excluding ortho intramolecular Hbond substituents is 1. The summed E-state index contributed by atoms with van der Waals surface area (Å²) in [4.78, 5) is 23.6. The van der Waals surface area contributed by atoms with Crippen LogP contribution < -0.4 is 10.1 Å². The zero-order chi connectivity index (χ0) is 16.8. The Morgan fingerprint density at radius 2 is 1.91 bits per heavy atom. The minimum absolute atomic E-state index is 0.0658. The highest BCUT2D eigenvalue weighted by molar-refractivity contribution is 6.03. The van der Waals surface area contributed by atoms with E-state index in [-0.39, 0.29) is 23.9 Å². The van der Waals surface area contributed by atoms with E-state index < -0.39 is 0 Å². The predicted molar refractivity (Wildman–Crippen MR) is 88.1 cm³/mol. The molecule has 0 heterocycles. The molecule has 0 fully saturated rings. The van der Waals surface area contributed by atoms with Crippen LogP contribution in [0.4, 0.5) is 5.69 Å². The van der Waals surface area contributed by atoms with Crippen molar-refractivity contribution in [3.8, 4) is 11.5 Å². The highest BCUT2D eigenvalue weighted by atomic mass is 16.5. The Morgan fingerprint density at radius 3 is 2.61 bits per heavy atom. The molecule has 0 aliphatic carbocycles. The molecule has 0 saturated carbocycles. The molecule has 5 nitrogen and oxygen atoms in total. The van der Waals surface area contributed by atoms with Crippen LogP contribution in [0.25, 0.3) is 0 Å². The van der Waals surface area contributed by atoms with Crippen LogP contribution in [0.2, 0.25) is 0 Å². The Hall–Kier alpha value is -2.82. The van der Waals surface area contributed by atoms with E-state index >= 15 is 0 Å². The van der Waals surface area contributed by atoms with Crippen LogP contribution in [0.15, 0.2) is 42.5 Å². The van der Waals surface area contributed by atoms with Gasteiger partial charge in [-0.05, 0) is 43.2 Å². The first-order valence-electron chi connectivity index (χ1n) is 7.27. The topological polar surface area (TPSA) is 75.6 Å². The lowest BCUT2D eigenvalue weighted by Crippen LogP contribution is -2.14. The van der Waals surface area contributed by atoms with Crippen molar-refractivity contribution in [2.45, 2.75) is 19.8 Å². The van der Waals surface area contributed by atoms with Crippen LogP contribution in [-0.4, -0.2) is 23.9 Å². The molecule has 2 N–H and O–H groups in total. The molecule has 0 bridgehead atoms. The third-order valence-corrected chi connectivity index (χ3v) is 3.47. The Kier molecular flexibility index (Phi) is 5.36. The number of aromatic hydroxyl groups is 1. The molecule has 1 amide bonds. The van der Waals surface area contributed by atoms with Crippen LogP contribution in [0.1, 0.15) is 29.3 Å². The van der Waals surface area contributed by atoms with Crippen molar-refractivity contribution in [1.82, 2.24) is 0 Å². The van der Waals surface area contributed by atoms with Crippen molar-refractivity contribution in [2.75, 3.05) is 12.4 Å². The number of anilines is 1. The number of ketones is 1. The predicted octanol–water partition coefficient (Wildman–Crippen LogP) is 3.17. The fourth-order valence-corrected chi connectivity index (χ4v) is 2.25. The maximum atomic E-state index is 12.1. The van der Waals surface area contributed by atoms with E-state index in [0.29, 0.717) is 23.4 Å². The van der Waals surface area contributed by atoms with Gasteiger partial charge in [0.05, 0.1) is 12.8 Å². The number of benzene rings is 2. The van der Waals surface area contributed by atoms with E-state index in [1.165, 1.54) is 20.1 Å². The summed E-state index contributed by atoms with van der Waals surface area (Å²) >= 11 is 0. The first-order chi connectivity index (χ1) is 11.0. The molecule has 23 heavy (non-hydrogen) atoms. The summed E-state index contributed by atoms with van der Waals surface area (Å²) in [6.45, 7) is 1.47. The number of carbonyl (C=O) groups is 2. The fraction of sp³-hybridized carbons (Fsp3) is 0.222. The molecule has 0 radical (unpaired) electrons. The third kappa shape index (κ3) is 4.32. The summed E-state index contributed by atoms with van der Waals surface area (Å²) < 4.78 is 5.04. The maximum Gasteiger partial charge on any atom is 0.224 e. The zero-order valence-electron chi connectivity index (χ0n) is 13.1. The monoisotopic (exact) mass is 313 g/mol.